The van der Waals surface area contributed by atoms with Gasteiger partial charge in [0.2, 0.25) is 0 Å². The Morgan fingerprint density at radius 1 is 1.28 bits per heavy atom. The predicted molar refractivity (Wildman–Crippen MR) is 99.4 cm³/mol. The Labute approximate surface area is 151 Å². The van der Waals surface area contributed by atoms with E-state index in [-0.39, 0.29) is 11.4 Å². The SMILES string of the molecule is CCC[C@@H]1OC[C@]2(COC(=O)c3ccccc3)[C@H](C)[C@H]1C(C)=C[C@@H]2C. The third kappa shape index (κ3) is 3.27. The Bertz CT molecular complexity index is 636. The molecule has 0 radical (unpaired) electrons. The lowest BCUT2D eigenvalue weighted by Crippen LogP contribution is -2.56. The molecule has 2 bridgehead atoms. The molecule has 25 heavy (non-hydrogen) atoms. The molecule has 1 fully saturated rings. The highest BCUT2D eigenvalue weighted by molar-refractivity contribution is 5.89. The van der Waals surface area contributed by atoms with Crippen LogP contribution in [0.4, 0.5) is 0 Å². The minimum atomic E-state index is -0.243. The summed E-state index contributed by atoms with van der Waals surface area (Å²) in [6, 6.07) is 9.23. The number of benzene rings is 1. The number of hydrogen-bond acceptors (Lipinski definition) is 3. The fourth-order valence-electron chi connectivity index (χ4n) is 4.79. The van der Waals surface area contributed by atoms with E-state index in [0.717, 1.165) is 12.8 Å². The van der Waals surface area contributed by atoms with Gasteiger partial charge in [0.25, 0.3) is 0 Å². The summed E-state index contributed by atoms with van der Waals surface area (Å²) in [7, 11) is 0. The van der Waals surface area contributed by atoms with Gasteiger partial charge in [-0.1, -0.05) is 57.0 Å². The highest BCUT2D eigenvalue weighted by atomic mass is 16.5. The second-order valence-corrected chi connectivity index (χ2v) is 7.83. The van der Waals surface area contributed by atoms with Crippen molar-refractivity contribution in [3.05, 3.63) is 47.5 Å². The van der Waals surface area contributed by atoms with Crippen LogP contribution in [0.1, 0.15) is 50.9 Å². The van der Waals surface area contributed by atoms with Crippen molar-refractivity contribution in [3.8, 4) is 0 Å². The summed E-state index contributed by atoms with van der Waals surface area (Å²) in [5.41, 5.74) is 1.92. The maximum absolute atomic E-state index is 12.4. The summed E-state index contributed by atoms with van der Waals surface area (Å²) >= 11 is 0. The van der Waals surface area contributed by atoms with Gasteiger partial charge < -0.3 is 9.47 Å². The molecule has 0 unspecified atom stereocenters. The van der Waals surface area contributed by atoms with E-state index in [1.807, 2.05) is 18.2 Å². The minimum absolute atomic E-state index is 0.126. The van der Waals surface area contributed by atoms with Crippen LogP contribution < -0.4 is 0 Å². The molecule has 3 heteroatoms. The lowest BCUT2D eigenvalue weighted by molar-refractivity contribution is -0.165. The molecule has 2 aliphatic rings. The zero-order chi connectivity index (χ0) is 18.0. The van der Waals surface area contributed by atoms with Gasteiger partial charge in [-0.15, -0.1) is 0 Å². The van der Waals surface area contributed by atoms with Crippen molar-refractivity contribution in [1.29, 1.82) is 0 Å². The largest absolute Gasteiger partial charge is 0.461 e. The molecule has 0 amide bonds. The summed E-state index contributed by atoms with van der Waals surface area (Å²) in [4.78, 5) is 12.4. The molecule has 1 aromatic carbocycles. The molecule has 1 aliphatic heterocycles. The van der Waals surface area contributed by atoms with E-state index in [1.165, 1.54) is 5.57 Å². The summed E-state index contributed by atoms with van der Waals surface area (Å²) in [5, 5.41) is 0. The van der Waals surface area contributed by atoms with E-state index in [9.17, 15) is 4.79 Å². The predicted octanol–water partition coefficient (Wildman–Crippen LogP) is 4.88. The minimum Gasteiger partial charge on any atom is -0.461 e. The molecule has 5 atom stereocenters. The van der Waals surface area contributed by atoms with Gasteiger partial charge in [-0.3, -0.25) is 0 Å². The third-order valence-corrected chi connectivity index (χ3v) is 6.41. The first-order valence-corrected chi connectivity index (χ1v) is 9.51. The van der Waals surface area contributed by atoms with Gasteiger partial charge in [-0.25, -0.2) is 4.79 Å². The summed E-state index contributed by atoms with van der Waals surface area (Å²) < 4.78 is 12.1. The van der Waals surface area contributed by atoms with E-state index < -0.39 is 0 Å². The smallest absolute Gasteiger partial charge is 0.338 e. The molecule has 0 spiro atoms. The van der Waals surface area contributed by atoms with Crippen molar-refractivity contribution in [2.45, 2.75) is 46.6 Å². The second-order valence-electron chi connectivity index (χ2n) is 7.83. The zero-order valence-electron chi connectivity index (χ0n) is 15.8. The maximum atomic E-state index is 12.4. The number of rotatable bonds is 5. The van der Waals surface area contributed by atoms with Gasteiger partial charge in [0.05, 0.1) is 18.3 Å². The number of allylic oxidation sites excluding steroid dienone is 1. The Morgan fingerprint density at radius 3 is 2.68 bits per heavy atom. The quantitative estimate of drug-likeness (QED) is 0.565. The molecule has 1 aromatic rings. The van der Waals surface area contributed by atoms with Crippen molar-refractivity contribution >= 4 is 5.97 Å². The number of fused-ring (bicyclic) bond motifs is 2. The monoisotopic (exact) mass is 342 g/mol. The fraction of sp³-hybridized carbons (Fsp3) is 0.591. The van der Waals surface area contributed by atoms with E-state index in [4.69, 9.17) is 9.47 Å². The Kier molecular flexibility index (Phi) is 5.33. The van der Waals surface area contributed by atoms with Gasteiger partial charge in [-0.2, -0.15) is 0 Å². The molecule has 136 valence electrons. The number of ether oxygens (including phenoxy) is 2. The summed E-state index contributed by atoms with van der Waals surface area (Å²) in [6.07, 6.45) is 4.90. The van der Waals surface area contributed by atoms with E-state index in [0.29, 0.717) is 42.6 Å². The van der Waals surface area contributed by atoms with Gasteiger partial charge in [0.15, 0.2) is 0 Å². The van der Waals surface area contributed by atoms with E-state index in [1.54, 1.807) is 12.1 Å². The molecule has 0 N–H and O–H groups in total. The molecular weight excluding hydrogens is 312 g/mol. The molecule has 3 nitrogen and oxygen atoms in total. The molecule has 1 aliphatic carbocycles. The number of carbonyl (C=O) groups is 1. The summed E-state index contributed by atoms with van der Waals surface area (Å²) in [5.74, 6) is 0.972. The molecule has 1 heterocycles. The van der Waals surface area contributed by atoms with Gasteiger partial charge in [0, 0.05) is 11.3 Å². The molecular formula is C22H30O3. The Morgan fingerprint density at radius 2 is 2.00 bits per heavy atom. The van der Waals surface area contributed by atoms with Gasteiger partial charge in [-0.05, 0) is 37.3 Å². The first-order chi connectivity index (χ1) is 12.0. The first kappa shape index (κ1) is 18.2. The highest BCUT2D eigenvalue weighted by Gasteiger charge is 2.53. The van der Waals surface area contributed by atoms with Crippen molar-refractivity contribution in [2.75, 3.05) is 13.2 Å². The number of hydrogen-bond donors (Lipinski definition) is 0. The van der Waals surface area contributed by atoms with Crippen molar-refractivity contribution in [1.82, 2.24) is 0 Å². The zero-order valence-corrected chi connectivity index (χ0v) is 15.8. The van der Waals surface area contributed by atoms with Crippen LogP contribution in [-0.2, 0) is 9.47 Å². The normalized spacial score (nSPS) is 34.3. The average molecular weight is 342 g/mol. The lowest BCUT2D eigenvalue weighted by Gasteiger charge is -2.55. The van der Waals surface area contributed by atoms with Crippen LogP contribution in [0, 0.1) is 23.2 Å². The van der Waals surface area contributed by atoms with Crippen LogP contribution in [0.2, 0.25) is 0 Å². The van der Waals surface area contributed by atoms with Crippen LogP contribution in [-0.4, -0.2) is 25.3 Å². The van der Waals surface area contributed by atoms with Crippen molar-refractivity contribution < 1.29 is 14.3 Å². The Hall–Kier alpha value is -1.61. The van der Waals surface area contributed by atoms with Gasteiger partial charge >= 0.3 is 5.97 Å². The fourth-order valence-corrected chi connectivity index (χ4v) is 4.79. The van der Waals surface area contributed by atoms with E-state index in [2.05, 4.69) is 33.8 Å². The number of carbonyl (C=O) groups excluding carboxylic acids is 1. The number of esters is 1. The first-order valence-electron chi connectivity index (χ1n) is 9.51. The molecule has 1 saturated heterocycles. The van der Waals surface area contributed by atoms with Crippen LogP contribution in [0.5, 0.6) is 0 Å². The average Bonchev–Trinajstić information content (AvgIpc) is 2.61. The van der Waals surface area contributed by atoms with E-state index >= 15 is 0 Å². The molecule has 3 rings (SSSR count). The molecule has 0 saturated carbocycles. The topological polar surface area (TPSA) is 35.5 Å². The lowest BCUT2D eigenvalue weighted by atomic mass is 9.56. The maximum Gasteiger partial charge on any atom is 0.338 e. The second kappa shape index (κ2) is 7.33. The van der Waals surface area contributed by atoms with Crippen LogP contribution in [0.3, 0.4) is 0 Å². The Balaban J connectivity index is 1.79. The summed E-state index contributed by atoms with van der Waals surface area (Å²) in [6.45, 7) is 10.1. The van der Waals surface area contributed by atoms with Crippen LogP contribution in [0.25, 0.3) is 0 Å². The highest BCUT2D eigenvalue weighted by Crippen LogP contribution is 2.53. The van der Waals surface area contributed by atoms with Crippen molar-refractivity contribution in [3.63, 3.8) is 0 Å². The van der Waals surface area contributed by atoms with Crippen LogP contribution in [0.15, 0.2) is 42.0 Å². The third-order valence-electron chi connectivity index (χ3n) is 6.41. The molecule has 0 aromatic heterocycles. The van der Waals surface area contributed by atoms with Gasteiger partial charge in [0.1, 0.15) is 6.61 Å². The van der Waals surface area contributed by atoms with Crippen LogP contribution >= 0.6 is 0 Å². The van der Waals surface area contributed by atoms with Crippen molar-refractivity contribution in [2.24, 2.45) is 23.2 Å². The standard InChI is InChI=1S/C22H30O3/c1-5-9-19-20-15(2)12-16(3)22(13-24-19,17(20)4)14-25-21(23)18-10-7-6-8-11-18/h6-8,10-12,16-17,19-20H,5,9,13-14H2,1-4H3/t16-,17+,19-,20+,22+/m0/s1.